The molecular formula is C12H21NO3. The monoisotopic (exact) mass is 227 g/mol. The molecule has 0 aliphatic carbocycles. The second-order valence-electron chi connectivity index (χ2n) is 5.34. The Labute approximate surface area is 96.6 Å². The molecule has 2 heterocycles. The average Bonchev–Trinajstić information content (AvgIpc) is 2.70. The van der Waals surface area contributed by atoms with Crippen molar-refractivity contribution in [2.75, 3.05) is 26.2 Å². The Hall–Kier alpha value is -0.610. The first kappa shape index (κ1) is 11.9. The summed E-state index contributed by atoms with van der Waals surface area (Å²) in [6, 6.07) is 0. The third kappa shape index (κ3) is 2.55. The predicted molar refractivity (Wildman–Crippen MR) is 60.4 cm³/mol. The van der Waals surface area contributed by atoms with E-state index < -0.39 is 11.4 Å². The second-order valence-corrected chi connectivity index (χ2v) is 5.34. The Kier molecular flexibility index (Phi) is 3.50. The molecule has 4 heteroatoms. The minimum absolute atomic E-state index is 0.330. The van der Waals surface area contributed by atoms with Gasteiger partial charge in [-0.1, -0.05) is 0 Å². The van der Waals surface area contributed by atoms with Crippen LogP contribution in [0, 0.1) is 5.41 Å². The fourth-order valence-electron chi connectivity index (χ4n) is 2.75. The van der Waals surface area contributed by atoms with Crippen molar-refractivity contribution in [1.82, 2.24) is 4.90 Å². The molecule has 0 bridgehead atoms. The number of carbonyl (C=O) groups is 1. The fraction of sp³-hybridized carbons (Fsp3) is 0.917. The molecule has 0 amide bonds. The summed E-state index contributed by atoms with van der Waals surface area (Å²) in [5, 5.41) is 9.22. The smallest absolute Gasteiger partial charge is 0.310 e. The lowest BCUT2D eigenvalue weighted by Gasteiger charge is -2.38. The Balaban J connectivity index is 1.88. The zero-order chi connectivity index (χ0) is 11.6. The number of ether oxygens (including phenoxy) is 1. The van der Waals surface area contributed by atoms with Gasteiger partial charge in [-0.3, -0.25) is 9.69 Å². The number of piperidine rings is 1. The summed E-state index contributed by atoms with van der Waals surface area (Å²) < 4.78 is 5.60. The van der Waals surface area contributed by atoms with Gasteiger partial charge in [0.15, 0.2) is 0 Å². The summed E-state index contributed by atoms with van der Waals surface area (Å²) in [4.78, 5) is 13.5. The molecule has 0 aromatic rings. The van der Waals surface area contributed by atoms with Gasteiger partial charge in [0.25, 0.3) is 0 Å². The summed E-state index contributed by atoms with van der Waals surface area (Å²) >= 11 is 0. The van der Waals surface area contributed by atoms with E-state index in [0.717, 1.165) is 45.4 Å². The fourth-order valence-corrected chi connectivity index (χ4v) is 2.75. The summed E-state index contributed by atoms with van der Waals surface area (Å²) in [6.45, 7) is 5.32. The molecular weight excluding hydrogens is 206 g/mol. The summed E-state index contributed by atoms with van der Waals surface area (Å²) in [5.41, 5.74) is -0.559. The Morgan fingerprint density at radius 1 is 1.56 bits per heavy atom. The van der Waals surface area contributed by atoms with Gasteiger partial charge >= 0.3 is 5.97 Å². The van der Waals surface area contributed by atoms with Crippen molar-refractivity contribution < 1.29 is 14.6 Å². The van der Waals surface area contributed by atoms with Gasteiger partial charge in [-0.25, -0.2) is 0 Å². The quantitative estimate of drug-likeness (QED) is 0.790. The third-order valence-corrected chi connectivity index (χ3v) is 3.78. The molecule has 2 saturated heterocycles. The topological polar surface area (TPSA) is 49.8 Å². The van der Waals surface area contributed by atoms with Gasteiger partial charge in [-0.05, 0) is 39.2 Å². The molecule has 4 nitrogen and oxygen atoms in total. The Morgan fingerprint density at radius 3 is 3.00 bits per heavy atom. The van der Waals surface area contributed by atoms with Crippen LogP contribution in [0.2, 0.25) is 0 Å². The molecule has 2 aliphatic rings. The number of carboxylic acids is 1. The predicted octanol–water partition coefficient (Wildman–Crippen LogP) is 1.35. The van der Waals surface area contributed by atoms with Gasteiger partial charge in [0.1, 0.15) is 0 Å². The summed E-state index contributed by atoms with van der Waals surface area (Å²) in [6.07, 6.45) is 4.38. The first-order chi connectivity index (χ1) is 7.60. The molecule has 2 aliphatic heterocycles. The maximum absolute atomic E-state index is 11.2. The van der Waals surface area contributed by atoms with Crippen LogP contribution >= 0.6 is 0 Å². The molecule has 2 rings (SSSR count). The van der Waals surface area contributed by atoms with E-state index in [-0.39, 0.29) is 0 Å². The van der Waals surface area contributed by atoms with E-state index in [1.165, 1.54) is 0 Å². The van der Waals surface area contributed by atoms with E-state index in [1.54, 1.807) is 0 Å². The summed E-state index contributed by atoms with van der Waals surface area (Å²) in [5.74, 6) is -0.662. The molecule has 0 radical (unpaired) electrons. The van der Waals surface area contributed by atoms with E-state index in [0.29, 0.717) is 12.6 Å². The number of aliphatic carboxylic acids is 1. The highest BCUT2D eigenvalue weighted by Gasteiger charge is 2.38. The first-order valence-corrected chi connectivity index (χ1v) is 6.17. The maximum atomic E-state index is 11.2. The second kappa shape index (κ2) is 4.72. The van der Waals surface area contributed by atoms with Crippen molar-refractivity contribution in [3.63, 3.8) is 0 Å². The minimum Gasteiger partial charge on any atom is -0.481 e. The molecule has 2 atom stereocenters. The van der Waals surface area contributed by atoms with Gasteiger partial charge in [-0.2, -0.15) is 0 Å². The van der Waals surface area contributed by atoms with Crippen LogP contribution in [0.25, 0.3) is 0 Å². The number of rotatable bonds is 3. The zero-order valence-electron chi connectivity index (χ0n) is 9.95. The SMILES string of the molecule is CC1(C(=O)O)CCCN(CC2CCCO2)C1. The lowest BCUT2D eigenvalue weighted by molar-refractivity contribution is -0.151. The van der Waals surface area contributed by atoms with Crippen molar-refractivity contribution >= 4 is 5.97 Å². The highest BCUT2D eigenvalue weighted by molar-refractivity contribution is 5.74. The van der Waals surface area contributed by atoms with Crippen molar-refractivity contribution in [1.29, 1.82) is 0 Å². The van der Waals surface area contributed by atoms with E-state index >= 15 is 0 Å². The summed E-state index contributed by atoms with van der Waals surface area (Å²) in [7, 11) is 0. The van der Waals surface area contributed by atoms with Crippen molar-refractivity contribution in [2.24, 2.45) is 5.41 Å². The highest BCUT2D eigenvalue weighted by Crippen LogP contribution is 2.30. The molecule has 16 heavy (non-hydrogen) atoms. The minimum atomic E-state index is -0.662. The lowest BCUT2D eigenvalue weighted by atomic mass is 9.82. The highest BCUT2D eigenvalue weighted by atomic mass is 16.5. The van der Waals surface area contributed by atoms with Crippen LogP contribution in [0.15, 0.2) is 0 Å². The van der Waals surface area contributed by atoms with E-state index in [9.17, 15) is 9.90 Å². The van der Waals surface area contributed by atoms with Crippen LogP contribution in [-0.4, -0.2) is 48.3 Å². The Morgan fingerprint density at radius 2 is 2.38 bits per heavy atom. The van der Waals surface area contributed by atoms with Gasteiger partial charge in [0, 0.05) is 19.7 Å². The molecule has 92 valence electrons. The van der Waals surface area contributed by atoms with Gasteiger partial charge in [0.2, 0.25) is 0 Å². The molecule has 2 unspecified atom stereocenters. The molecule has 0 saturated carbocycles. The number of hydrogen-bond donors (Lipinski definition) is 1. The number of hydrogen-bond acceptors (Lipinski definition) is 3. The van der Waals surface area contributed by atoms with E-state index in [2.05, 4.69) is 4.90 Å². The van der Waals surface area contributed by atoms with E-state index in [4.69, 9.17) is 4.74 Å². The molecule has 0 spiro atoms. The number of likely N-dealkylation sites (tertiary alicyclic amines) is 1. The lowest BCUT2D eigenvalue weighted by Crippen LogP contribution is -2.48. The van der Waals surface area contributed by atoms with Gasteiger partial charge in [0.05, 0.1) is 11.5 Å². The normalized spacial score (nSPS) is 36.4. The van der Waals surface area contributed by atoms with Crippen LogP contribution in [0.4, 0.5) is 0 Å². The number of carboxylic acid groups (broad SMARTS) is 1. The van der Waals surface area contributed by atoms with Gasteiger partial charge in [-0.15, -0.1) is 0 Å². The van der Waals surface area contributed by atoms with Crippen LogP contribution in [0.1, 0.15) is 32.6 Å². The molecule has 0 aromatic heterocycles. The number of nitrogens with zero attached hydrogens (tertiary/aromatic N) is 1. The largest absolute Gasteiger partial charge is 0.481 e. The maximum Gasteiger partial charge on any atom is 0.310 e. The van der Waals surface area contributed by atoms with Crippen molar-refractivity contribution in [3.8, 4) is 0 Å². The van der Waals surface area contributed by atoms with Crippen LogP contribution in [0.5, 0.6) is 0 Å². The zero-order valence-corrected chi connectivity index (χ0v) is 9.95. The Bertz CT molecular complexity index is 263. The van der Waals surface area contributed by atoms with Crippen LogP contribution in [0.3, 0.4) is 0 Å². The first-order valence-electron chi connectivity index (χ1n) is 6.17. The van der Waals surface area contributed by atoms with Gasteiger partial charge < -0.3 is 9.84 Å². The van der Waals surface area contributed by atoms with Crippen molar-refractivity contribution in [2.45, 2.75) is 38.7 Å². The van der Waals surface area contributed by atoms with Crippen LogP contribution in [-0.2, 0) is 9.53 Å². The third-order valence-electron chi connectivity index (χ3n) is 3.78. The average molecular weight is 227 g/mol. The van der Waals surface area contributed by atoms with E-state index in [1.807, 2.05) is 6.92 Å². The molecule has 1 N–H and O–H groups in total. The standard InChI is InChI=1S/C12H21NO3/c1-12(11(14)15)5-3-6-13(9-12)8-10-4-2-7-16-10/h10H,2-9H2,1H3,(H,14,15). The van der Waals surface area contributed by atoms with Crippen LogP contribution < -0.4 is 0 Å². The molecule has 0 aromatic carbocycles. The molecule has 2 fully saturated rings. The van der Waals surface area contributed by atoms with Crippen molar-refractivity contribution in [3.05, 3.63) is 0 Å².